The minimum absolute atomic E-state index is 0. The van der Waals surface area contributed by atoms with Crippen LogP contribution in [-0.4, -0.2) is 24.0 Å². The van der Waals surface area contributed by atoms with Crippen LogP contribution in [0.2, 0.25) is 36.3 Å². The van der Waals surface area contributed by atoms with Gasteiger partial charge in [0.25, 0.3) is 0 Å². The second kappa shape index (κ2) is 10.6. The summed E-state index contributed by atoms with van der Waals surface area (Å²) in [7, 11) is -3.54. The van der Waals surface area contributed by atoms with Crippen molar-refractivity contribution < 1.29 is 16.8 Å². The molecule has 0 spiro atoms. The van der Waals surface area contributed by atoms with Gasteiger partial charge in [-0.15, -0.1) is 0 Å². The maximum absolute atomic E-state index is 2.71. The van der Waals surface area contributed by atoms with E-state index in [0.717, 1.165) is 0 Å². The zero-order valence-corrected chi connectivity index (χ0v) is 28.3. The van der Waals surface area contributed by atoms with Gasteiger partial charge in [-0.05, 0) is 69.6 Å². The molecule has 0 nitrogen and oxygen atoms in total. The molecule has 1 saturated heterocycles. The quantitative estimate of drug-likeness (QED) is 0.311. The molecule has 2 fully saturated rings. The van der Waals surface area contributed by atoms with Crippen LogP contribution in [0.5, 0.6) is 0 Å². The zero-order valence-electron chi connectivity index (χ0n) is 24.2. The molecule has 1 aliphatic heterocycles. The van der Waals surface area contributed by atoms with Crippen LogP contribution in [0.15, 0.2) is 0 Å². The number of hydrogen-bond donors (Lipinski definition) is 0. The van der Waals surface area contributed by atoms with E-state index in [1.165, 1.54) is 0 Å². The molecule has 2 rings (SSSR count). The molecule has 186 valence electrons. The molecule has 0 amide bonds. The van der Waals surface area contributed by atoms with E-state index in [2.05, 4.69) is 109 Å². The largest absolute Gasteiger partial charge is 0.0711 e. The Hall–Kier alpha value is 1.16. The normalized spacial score (nSPS) is 21.0. The van der Waals surface area contributed by atoms with Crippen LogP contribution in [0.1, 0.15) is 83.1 Å². The molecule has 1 saturated carbocycles. The minimum atomic E-state index is -1.53. The van der Waals surface area contributed by atoms with E-state index in [0.29, 0.717) is 15.5 Å². The van der Waals surface area contributed by atoms with Crippen molar-refractivity contribution in [3.63, 3.8) is 0 Å². The average molecular weight is 533 g/mol. The van der Waals surface area contributed by atoms with Gasteiger partial charge in [0.15, 0.2) is 0 Å². The van der Waals surface area contributed by atoms with E-state index in [1.807, 2.05) is 42.8 Å². The maximum Gasteiger partial charge on any atom is 0.0565 e. The summed E-state index contributed by atoms with van der Waals surface area (Å²) >= 11 is 0. The molecule has 0 bridgehead atoms. The molecule has 0 aromatic rings. The maximum atomic E-state index is 2.71. The number of rotatable bonds is 2. The fourth-order valence-electron chi connectivity index (χ4n) is 4.26. The van der Waals surface area contributed by atoms with Crippen LogP contribution >= 0.6 is 0 Å². The molecule has 0 aromatic heterocycles. The Kier molecular flexibility index (Phi) is 11.0. The fourth-order valence-corrected chi connectivity index (χ4v) is 28.1. The van der Waals surface area contributed by atoms with Gasteiger partial charge in [-0.3, -0.25) is 0 Å². The molecule has 1 heterocycles. The van der Waals surface area contributed by atoms with Gasteiger partial charge in [0, 0.05) is 24.4 Å². The second-order valence-electron chi connectivity index (χ2n) is 14.7. The predicted molar refractivity (Wildman–Crippen MR) is 150 cm³/mol. The fraction of sp³-hybridized carbons (Fsp3) is 0.714. The van der Waals surface area contributed by atoms with Crippen molar-refractivity contribution in [2.45, 2.75) is 119 Å². The van der Waals surface area contributed by atoms with Crippen molar-refractivity contribution in [2.24, 2.45) is 10.8 Å². The van der Waals surface area contributed by atoms with E-state index in [9.17, 15) is 0 Å². The Labute approximate surface area is 218 Å². The summed E-state index contributed by atoms with van der Waals surface area (Å²) in [5.74, 6) is 1.80. The molecular formula is C28H53CoSi3. The summed E-state index contributed by atoms with van der Waals surface area (Å²) in [4.78, 5) is 0. The van der Waals surface area contributed by atoms with Crippen molar-refractivity contribution in [2.75, 3.05) is 0 Å². The van der Waals surface area contributed by atoms with Crippen molar-refractivity contribution in [3.05, 3.63) is 48.7 Å². The van der Waals surface area contributed by atoms with Crippen LogP contribution in [0.3, 0.4) is 0 Å². The first-order chi connectivity index (χ1) is 13.5. The first-order valence-electron chi connectivity index (χ1n) is 12.2. The van der Waals surface area contributed by atoms with Crippen molar-refractivity contribution >= 4 is 24.0 Å². The standard InChI is InChI=1S/C23H48Si3.C5H5.Co/c1-20(2,3)17-18(21(4,5)6)24(26(15,16)23(10,11)12)19(17)25(13,14)22(7,8)9;1-2-4-5-3-1;/h1-16H3;1-5H;. The van der Waals surface area contributed by atoms with E-state index in [1.54, 1.807) is 5.92 Å². The summed E-state index contributed by atoms with van der Waals surface area (Å²) in [5.41, 5.74) is 2.48. The summed E-state index contributed by atoms with van der Waals surface area (Å²) in [5, 5.41) is 2.90. The van der Waals surface area contributed by atoms with Gasteiger partial charge in [0.1, 0.15) is 0 Å². The minimum Gasteiger partial charge on any atom is -0.0711 e. The Morgan fingerprint density at radius 1 is 0.562 bits per heavy atom. The van der Waals surface area contributed by atoms with Gasteiger partial charge >= 0.3 is 0 Å². The summed E-state index contributed by atoms with van der Waals surface area (Å²) < 4.78 is 0. The Morgan fingerprint density at radius 3 is 1.12 bits per heavy atom. The SMILES string of the molecule is CC(C)(C)[C]1[C](C(C)(C)C)[Si]([Si](C)(C)C(C)(C)C)[C]1[Si](C)(C)C(C)(C)C.[CH]1[CH][CH][CH][CH]1.[Co]. The molecule has 0 unspecified atom stereocenters. The molecule has 0 aromatic carbocycles. The summed E-state index contributed by atoms with van der Waals surface area (Å²) in [6.07, 6.45) is 10.0. The van der Waals surface area contributed by atoms with E-state index in [-0.39, 0.29) is 22.2 Å². The van der Waals surface area contributed by atoms with Gasteiger partial charge in [-0.25, -0.2) is 0 Å². The van der Waals surface area contributed by atoms with Gasteiger partial charge in [-0.2, -0.15) is 0 Å². The third-order valence-corrected chi connectivity index (χ3v) is 31.4. The third-order valence-electron chi connectivity index (χ3n) is 8.06. The van der Waals surface area contributed by atoms with Crippen LogP contribution in [-0.2, 0) is 16.8 Å². The second-order valence-corrected chi connectivity index (χ2v) is 32.2. The van der Waals surface area contributed by atoms with Crippen LogP contribution in [0, 0.1) is 59.6 Å². The van der Waals surface area contributed by atoms with Gasteiger partial charge in [-0.1, -0.05) is 109 Å². The smallest absolute Gasteiger partial charge is 0.0565 e. The Bertz CT molecular complexity index is 522. The van der Waals surface area contributed by atoms with Crippen LogP contribution in [0.25, 0.3) is 0 Å². The third kappa shape index (κ3) is 6.88. The predicted octanol–water partition coefficient (Wildman–Crippen LogP) is 9.04. The first-order valence-corrected chi connectivity index (χ1v) is 20.7. The summed E-state index contributed by atoms with van der Waals surface area (Å²) in [6.45, 7) is 40.7. The van der Waals surface area contributed by atoms with E-state index >= 15 is 0 Å². The first kappa shape index (κ1) is 33.2. The van der Waals surface area contributed by atoms with Crippen LogP contribution in [0.4, 0.5) is 0 Å². The summed E-state index contributed by atoms with van der Waals surface area (Å²) in [6, 6.07) is 0. The molecule has 32 heavy (non-hydrogen) atoms. The zero-order chi connectivity index (χ0) is 24.8. The Morgan fingerprint density at radius 2 is 0.906 bits per heavy atom. The topological polar surface area (TPSA) is 0 Å². The molecule has 4 heteroatoms. The van der Waals surface area contributed by atoms with E-state index < -0.39 is 24.0 Å². The van der Waals surface area contributed by atoms with Crippen molar-refractivity contribution in [1.29, 1.82) is 0 Å². The molecule has 2 aliphatic rings. The number of hydrogen-bond acceptors (Lipinski definition) is 0. The monoisotopic (exact) mass is 532 g/mol. The van der Waals surface area contributed by atoms with Crippen LogP contribution < -0.4 is 0 Å². The average Bonchev–Trinajstić information content (AvgIpc) is 2.98. The van der Waals surface area contributed by atoms with Gasteiger partial charge in [0.05, 0.1) is 16.4 Å². The Balaban J connectivity index is 0.00000140. The molecular weight excluding hydrogens is 479 g/mol. The van der Waals surface area contributed by atoms with E-state index in [4.69, 9.17) is 0 Å². The molecule has 0 atom stereocenters. The van der Waals surface area contributed by atoms with Gasteiger partial charge in [0.2, 0.25) is 0 Å². The van der Waals surface area contributed by atoms with Crippen molar-refractivity contribution in [3.8, 4) is 0 Å². The molecule has 0 N–H and O–H groups in total. The molecule has 1 aliphatic carbocycles. The van der Waals surface area contributed by atoms with Crippen molar-refractivity contribution in [1.82, 2.24) is 0 Å². The van der Waals surface area contributed by atoms with Gasteiger partial charge < -0.3 is 0 Å². The molecule has 10 radical (unpaired) electrons.